The van der Waals surface area contributed by atoms with Crippen molar-refractivity contribution in [1.29, 1.82) is 0 Å². The zero-order valence-electron chi connectivity index (χ0n) is 17.5. The van der Waals surface area contributed by atoms with Crippen LogP contribution in [-0.2, 0) is 4.74 Å². The van der Waals surface area contributed by atoms with Crippen LogP contribution in [0.5, 0.6) is 0 Å². The van der Waals surface area contributed by atoms with Crippen LogP contribution in [0.25, 0.3) is 11.3 Å². The molecule has 3 heterocycles. The maximum atomic E-state index is 13.5. The highest BCUT2D eigenvalue weighted by molar-refractivity contribution is 8.26. The minimum Gasteiger partial charge on any atom is -0.378 e. The van der Waals surface area contributed by atoms with Crippen LogP contribution in [0.1, 0.15) is 12.0 Å². The molecule has 1 saturated carbocycles. The van der Waals surface area contributed by atoms with Crippen molar-refractivity contribution >= 4 is 28.2 Å². The van der Waals surface area contributed by atoms with Crippen LogP contribution in [0.2, 0.25) is 0 Å². The van der Waals surface area contributed by atoms with Crippen molar-refractivity contribution in [3.05, 3.63) is 35.9 Å². The highest BCUT2D eigenvalue weighted by Gasteiger charge is 2.59. The Morgan fingerprint density at radius 1 is 1.16 bits per heavy atom. The molecule has 1 atom stereocenters. The number of benzene rings is 1. The molecule has 0 radical (unpaired) electrons. The lowest BCUT2D eigenvalue weighted by Crippen LogP contribution is -2.36. The molecule has 2 N–H and O–H groups in total. The van der Waals surface area contributed by atoms with Crippen molar-refractivity contribution in [3.63, 3.8) is 0 Å². The van der Waals surface area contributed by atoms with Crippen molar-refractivity contribution in [2.24, 2.45) is 5.92 Å². The standard InChI is InChI=1S/C21H26F2N4O3S/c1-14-3-6-19(26-7-9-30-10-8-26)24-20(14)15-4-5-17-18(11-15)25(2)31(28,29)27(17)13-16-12-21(16,22)23/h3-6,11,16,28-29H,7-10,12-13H2,1-2H3. The molecule has 168 valence electrons. The van der Waals surface area contributed by atoms with Crippen LogP contribution in [0.15, 0.2) is 30.3 Å². The Bertz CT molecular complexity index is 1020. The number of halogens is 2. The lowest BCUT2D eigenvalue weighted by molar-refractivity contribution is 0.101. The topological polar surface area (TPSA) is 72.3 Å². The first-order valence-electron chi connectivity index (χ1n) is 10.3. The molecule has 3 aliphatic rings. The predicted molar refractivity (Wildman–Crippen MR) is 119 cm³/mol. The van der Waals surface area contributed by atoms with Crippen molar-refractivity contribution in [2.45, 2.75) is 19.3 Å². The largest absolute Gasteiger partial charge is 0.378 e. The molecule has 1 aromatic carbocycles. The molecule has 2 aromatic rings. The Morgan fingerprint density at radius 3 is 2.55 bits per heavy atom. The minimum atomic E-state index is -3.37. The molecule has 2 fully saturated rings. The first-order valence-corrected chi connectivity index (χ1v) is 11.8. The molecule has 1 saturated heterocycles. The number of anilines is 3. The quantitative estimate of drug-likeness (QED) is 0.713. The monoisotopic (exact) mass is 452 g/mol. The summed E-state index contributed by atoms with van der Waals surface area (Å²) >= 11 is 0. The summed E-state index contributed by atoms with van der Waals surface area (Å²) in [5.74, 6) is -2.70. The summed E-state index contributed by atoms with van der Waals surface area (Å²) in [7, 11) is -1.80. The van der Waals surface area contributed by atoms with Crippen LogP contribution in [0.3, 0.4) is 0 Å². The van der Waals surface area contributed by atoms with Gasteiger partial charge < -0.3 is 9.64 Å². The molecule has 31 heavy (non-hydrogen) atoms. The first-order chi connectivity index (χ1) is 14.7. The van der Waals surface area contributed by atoms with Crippen LogP contribution >= 0.6 is 11.0 Å². The summed E-state index contributed by atoms with van der Waals surface area (Å²) in [6.45, 7) is 4.80. The van der Waals surface area contributed by atoms with Gasteiger partial charge in [0.25, 0.3) is 5.92 Å². The summed E-state index contributed by atoms with van der Waals surface area (Å²) in [5.41, 5.74) is 3.80. The van der Waals surface area contributed by atoms with Crippen molar-refractivity contribution in [2.75, 3.05) is 53.4 Å². The van der Waals surface area contributed by atoms with Gasteiger partial charge in [-0.2, -0.15) is 0 Å². The fourth-order valence-corrected chi connectivity index (χ4v) is 5.70. The average Bonchev–Trinajstić information content (AvgIpc) is 3.32. The highest BCUT2D eigenvalue weighted by atomic mass is 32.3. The van der Waals surface area contributed by atoms with Crippen LogP contribution in [0, 0.1) is 12.8 Å². The third kappa shape index (κ3) is 3.51. The Labute approximate surface area is 181 Å². The van der Waals surface area contributed by atoms with E-state index in [0.29, 0.717) is 24.6 Å². The number of alkyl halides is 2. The van der Waals surface area contributed by atoms with E-state index in [9.17, 15) is 17.9 Å². The van der Waals surface area contributed by atoms with Gasteiger partial charge in [0.1, 0.15) is 5.82 Å². The van der Waals surface area contributed by atoms with Crippen LogP contribution < -0.4 is 13.5 Å². The van der Waals surface area contributed by atoms with Gasteiger partial charge in [0.2, 0.25) is 0 Å². The molecule has 1 aliphatic carbocycles. The van der Waals surface area contributed by atoms with Gasteiger partial charge in [-0.05, 0) is 41.6 Å². The molecule has 1 aromatic heterocycles. The molecule has 0 spiro atoms. The summed E-state index contributed by atoms with van der Waals surface area (Å²) < 4.78 is 56.6. The number of aryl methyl sites for hydroxylation is 1. The van der Waals surface area contributed by atoms with Gasteiger partial charge in [-0.25, -0.2) is 13.8 Å². The lowest BCUT2D eigenvalue weighted by Gasteiger charge is -2.42. The summed E-state index contributed by atoms with van der Waals surface area (Å²) in [5, 5.41) is 0. The van der Waals surface area contributed by atoms with Gasteiger partial charge in [0.15, 0.2) is 0 Å². The number of ether oxygens (including phenoxy) is 1. The number of hydrogen-bond acceptors (Lipinski definition) is 7. The molecule has 0 amide bonds. The van der Waals surface area contributed by atoms with E-state index in [4.69, 9.17) is 9.72 Å². The number of morpholine rings is 1. The number of hydrogen-bond donors (Lipinski definition) is 2. The van der Waals surface area contributed by atoms with Gasteiger partial charge in [0, 0.05) is 44.6 Å². The smallest absolute Gasteiger partial charge is 0.253 e. The van der Waals surface area contributed by atoms with Gasteiger partial charge in [0.05, 0.1) is 30.3 Å². The number of rotatable bonds is 4. The number of nitrogens with zero attached hydrogens (tertiary/aromatic N) is 4. The third-order valence-corrected chi connectivity index (χ3v) is 8.15. The van der Waals surface area contributed by atoms with E-state index in [1.807, 2.05) is 31.2 Å². The van der Waals surface area contributed by atoms with Gasteiger partial charge >= 0.3 is 0 Å². The SMILES string of the molecule is Cc1ccc(N2CCOCC2)nc1-c1ccc2c(c1)N(C)S(O)(O)N2CC1CC1(F)F. The second-order valence-electron chi connectivity index (χ2n) is 8.35. The normalized spacial score (nSPS) is 24.8. The predicted octanol–water partition coefficient (Wildman–Crippen LogP) is 4.39. The fourth-order valence-electron chi connectivity index (χ4n) is 4.19. The maximum Gasteiger partial charge on any atom is 0.253 e. The average molecular weight is 453 g/mol. The highest BCUT2D eigenvalue weighted by Crippen LogP contribution is 2.63. The van der Waals surface area contributed by atoms with E-state index < -0.39 is 22.8 Å². The molecule has 2 aliphatic heterocycles. The Balaban J connectivity index is 1.49. The Kier molecular flexibility index (Phi) is 4.81. The molecule has 1 unspecified atom stereocenters. The van der Waals surface area contributed by atoms with Gasteiger partial charge in [-0.15, -0.1) is 0 Å². The fraction of sp³-hybridized carbons (Fsp3) is 0.476. The zero-order valence-corrected chi connectivity index (χ0v) is 18.3. The second-order valence-corrected chi connectivity index (χ2v) is 10.3. The van der Waals surface area contributed by atoms with E-state index in [0.717, 1.165) is 35.7 Å². The molecular formula is C21H26F2N4O3S. The van der Waals surface area contributed by atoms with E-state index in [-0.39, 0.29) is 13.0 Å². The Morgan fingerprint density at radius 2 is 1.87 bits per heavy atom. The lowest BCUT2D eigenvalue weighted by atomic mass is 10.0. The van der Waals surface area contributed by atoms with Crippen molar-refractivity contribution in [1.82, 2.24) is 4.98 Å². The minimum absolute atomic E-state index is 0.0875. The van der Waals surface area contributed by atoms with E-state index >= 15 is 0 Å². The summed E-state index contributed by atoms with van der Waals surface area (Å²) in [6.07, 6.45) is -0.215. The van der Waals surface area contributed by atoms with Crippen LogP contribution in [-0.4, -0.2) is 59.9 Å². The van der Waals surface area contributed by atoms with E-state index in [1.54, 1.807) is 13.1 Å². The third-order valence-electron chi connectivity index (χ3n) is 6.28. The summed E-state index contributed by atoms with van der Waals surface area (Å²) in [4.78, 5) is 7.05. The molecule has 0 bridgehead atoms. The molecular weight excluding hydrogens is 426 g/mol. The summed E-state index contributed by atoms with van der Waals surface area (Å²) in [6, 6.07) is 9.51. The van der Waals surface area contributed by atoms with Gasteiger partial charge in [-0.1, -0.05) is 12.1 Å². The zero-order chi connectivity index (χ0) is 22.0. The van der Waals surface area contributed by atoms with E-state index in [1.165, 1.54) is 8.61 Å². The van der Waals surface area contributed by atoms with Crippen molar-refractivity contribution in [3.8, 4) is 11.3 Å². The molecule has 10 heteroatoms. The molecule has 7 nitrogen and oxygen atoms in total. The van der Waals surface area contributed by atoms with Gasteiger partial charge in [-0.3, -0.25) is 17.7 Å². The number of fused-ring (bicyclic) bond motifs is 1. The molecule has 5 rings (SSSR count). The first kappa shape index (κ1) is 20.7. The number of aromatic nitrogens is 1. The Hall–Kier alpha value is -2.14. The maximum absolute atomic E-state index is 13.5. The van der Waals surface area contributed by atoms with Crippen molar-refractivity contribution < 1.29 is 22.6 Å². The number of pyridine rings is 1. The second kappa shape index (κ2) is 7.19. The van der Waals surface area contributed by atoms with Crippen LogP contribution in [0.4, 0.5) is 26.0 Å². The van der Waals surface area contributed by atoms with E-state index in [2.05, 4.69) is 4.90 Å².